The van der Waals surface area contributed by atoms with Gasteiger partial charge in [0.15, 0.2) is 6.29 Å². The molecular formula is C8H10N4O2. The zero-order valence-electron chi connectivity index (χ0n) is 7.80. The summed E-state index contributed by atoms with van der Waals surface area (Å²) in [5.74, 6) is 0.880. The Morgan fingerprint density at radius 3 is 2.93 bits per heavy atom. The standard InChI is InChI=1S/C8H10N4O2/c1-6(14)11-2-3-12-8(4-11)9-7(5-13)10-12/h5H,2-4H2,1H3. The van der Waals surface area contributed by atoms with Gasteiger partial charge in [-0.25, -0.2) is 9.67 Å². The van der Waals surface area contributed by atoms with Crippen LogP contribution in [-0.4, -0.2) is 38.4 Å². The maximum Gasteiger partial charge on any atom is 0.219 e. The summed E-state index contributed by atoms with van der Waals surface area (Å²) < 4.78 is 1.67. The van der Waals surface area contributed by atoms with Crippen molar-refractivity contribution in [2.24, 2.45) is 0 Å². The highest BCUT2D eigenvalue weighted by Gasteiger charge is 2.20. The molecule has 0 aliphatic carbocycles. The molecule has 0 aromatic carbocycles. The molecule has 1 aliphatic rings. The number of carbonyl (C=O) groups excluding carboxylic acids is 2. The van der Waals surface area contributed by atoms with Crippen molar-refractivity contribution in [3.8, 4) is 0 Å². The van der Waals surface area contributed by atoms with Crippen molar-refractivity contribution in [2.75, 3.05) is 6.54 Å². The first-order chi connectivity index (χ1) is 6.70. The first-order valence-electron chi connectivity index (χ1n) is 4.35. The molecule has 1 aromatic rings. The molecule has 0 saturated heterocycles. The number of fused-ring (bicyclic) bond motifs is 1. The molecule has 0 N–H and O–H groups in total. The van der Waals surface area contributed by atoms with Crippen molar-refractivity contribution >= 4 is 12.2 Å². The number of carbonyl (C=O) groups is 2. The summed E-state index contributed by atoms with van der Waals surface area (Å²) in [5, 5.41) is 3.96. The van der Waals surface area contributed by atoms with Crippen molar-refractivity contribution in [1.82, 2.24) is 19.7 Å². The monoisotopic (exact) mass is 194 g/mol. The molecule has 74 valence electrons. The molecule has 0 fully saturated rings. The number of hydrogen-bond donors (Lipinski definition) is 0. The highest BCUT2D eigenvalue weighted by Crippen LogP contribution is 2.09. The van der Waals surface area contributed by atoms with Gasteiger partial charge in [-0.15, -0.1) is 5.10 Å². The van der Waals surface area contributed by atoms with Crippen LogP contribution < -0.4 is 0 Å². The number of aromatic nitrogens is 3. The Morgan fingerprint density at radius 1 is 1.50 bits per heavy atom. The van der Waals surface area contributed by atoms with Gasteiger partial charge >= 0.3 is 0 Å². The molecule has 0 spiro atoms. The first kappa shape index (κ1) is 8.86. The minimum Gasteiger partial charge on any atom is -0.334 e. The molecule has 1 amide bonds. The second-order valence-electron chi connectivity index (χ2n) is 3.17. The fraction of sp³-hybridized carbons (Fsp3) is 0.500. The number of rotatable bonds is 1. The minimum atomic E-state index is 0.0203. The number of amides is 1. The summed E-state index contributed by atoms with van der Waals surface area (Å²) in [6.45, 7) is 3.20. The van der Waals surface area contributed by atoms with E-state index < -0.39 is 0 Å². The van der Waals surface area contributed by atoms with Crippen LogP contribution in [0.4, 0.5) is 0 Å². The van der Waals surface area contributed by atoms with E-state index in [1.54, 1.807) is 9.58 Å². The van der Waals surface area contributed by atoms with Crippen LogP contribution in [-0.2, 0) is 17.9 Å². The highest BCUT2D eigenvalue weighted by atomic mass is 16.2. The fourth-order valence-corrected chi connectivity index (χ4v) is 1.47. The molecule has 1 aromatic heterocycles. The van der Waals surface area contributed by atoms with E-state index in [0.29, 0.717) is 31.7 Å². The summed E-state index contributed by atoms with van der Waals surface area (Å²) >= 11 is 0. The summed E-state index contributed by atoms with van der Waals surface area (Å²) in [6, 6.07) is 0. The molecule has 0 unspecified atom stereocenters. The third kappa shape index (κ3) is 1.39. The molecule has 0 radical (unpaired) electrons. The number of hydrogen-bond acceptors (Lipinski definition) is 4. The van der Waals surface area contributed by atoms with Gasteiger partial charge in [-0.2, -0.15) is 0 Å². The predicted molar refractivity (Wildman–Crippen MR) is 46.5 cm³/mol. The highest BCUT2D eigenvalue weighted by molar-refractivity contribution is 5.73. The average molecular weight is 194 g/mol. The van der Waals surface area contributed by atoms with Crippen LogP contribution in [0.1, 0.15) is 23.4 Å². The van der Waals surface area contributed by atoms with E-state index in [4.69, 9.17) is 0 Å². The molecule has 1 aliphatic heterocycles. The quantitative estimate of drug-likeness (QED) is 0.563. The third-order valence-corrected chi connectivity index (χ3v) is 2.23. The Morgan fingerprint density at radius 2 is 2.29 bits per heavy atom. The molecular weight excluding hydrogens is 184 g/mol. The fourth-order valence-electron chi connectivity index (χ4n) is 1.47. The van der Waals surface area contributed by atoms with Crippen LogP contribution in [0, 0.1) is 0 Å². The Bertz CT molecular complexity index is 385. The first-order valence-corrected chi connectivity index (χ1v) is 4.35. The van der Waals surface area contributed by atoms with Gasteiger partial charge in [-0.1, -0.05) is 0 Å². The molecule has 6 nitrogen and oxygen atoms in total. The maximum atomic E-state index is 11.1. The van der Waals surface area contributed by atoms with Gasteiger partial charge in [-0.05, 0) is 0 Å². The maximum absolute atomic E-state index is 11.1. The largest absolute Gasteiger partial charge is 0.334 e. The summed E-state index contributed by atoms with van der Waals surface area (Å²) in [7, 11) is 0. The summed E-state index contributed by atoms with van der Waals surface area (Å²) in [5.41, 5.74) is 0. The molecule has 0 saturated carbocycles. The van der Waals surface area contributed by atoms with E-state index >= 15 is 0 Å². The van der Waals surface area contributed by atoms with Crippen molar-refractivity contribution in [3.63, 3.8) is 0 Å². The van der Waals surface area contributed by atoms with Crippen LogP contribution in [0.5, 0.6) is 0 Å². The lowest BCUT2D eigenvalue weighted by Crippen LogP contribution is -2.37. The van der Waals surface area contributed by atoms with E-state index in [9.17, 15) is 9.59 Å². The van der Waals surface area contributed by atoms with E-state index in [1.807, 2.05) is 0 Å². The van der Waals surface area contributed by atoms with Crippen LogP contribution in [0.15, 0.2) is 0 Å². The Labute approximate surface area is 80.5 Å². The van der Waals surface area contributed by atoms with Crippen LogP contribution in [0.2, 0.25) is 0 Å². The van der Waals surface area contributed by atoms with Crippen molar-refractivity contribution < 1.29 is 9.59 Å². The molecule has 0 bridgehead atoms. The van der Waals surface area contributed by atoms with E-state index in [1.165, 1.54) is 6.92 Å². The molecule has 2 rings (SSSR count). The van der Waals surface area contributed by atoms with Crippen molar-refractivity contribution in [2.45, 2.75) is 20.0 Å². The van der Waals surface area contributed by atoms with Crippen LogP contribution in [0.3, 0.4) is 0 Å². The molecule has 2 heterocycles. The van der Waals surface area contributed by atoms with E-state index in [-0.39, 0.29) is 11.7 Å². The summed E-state index contributed by atoms with van der Waals surface area (Å²) in [4.78, 5) is 27.2. The second kappa shape index (κ2) is 3.21. The normalized spacial score (nSPS) is 15.1. The Hall–Kier alpha value is -1.72. The van der Waals surface area contributed by atoms with Gasteiger partial charge in [0, 0.05) is 13.5 Å². The zero-order chi connectivity index (χ0) is 10.1. The van der Waals surface area contributed by atoms with Crippen LogP contribution in [0.25, 0.3) is 0 Å². The third-order valence-electron chi connectivity index (χ3n) is 2.23. The molecule has 0 atom stereocenters. The number of aldehydes is 1. The van der Waals surface area contributed by atoms with E-state index in [2.05, 4.69) is 10.1 Å². The molecule has 14 heavy (non-hydrogen) atoms. The van der Waals surface area contributed by atoms with Gasteiger partial charge < -0.3 is 4.90 Å². The second-order valence-corrected chi connectivity index (χ2v) is 3.17. The van der Waals surface area contributed by atoms with Crippen molar-refractivity contribution in [1.29, 1.82) is 0 Å². The summed E-state index contributed by atoms with van der Waals surface area (Å²) in [6.07, 6.45) is 0.615. The van der Waals surface area contributed by atoms with Gasteiger partial charge in [0.2, 0.25) is 11.7 Å². The van der Waals surface area contributed by atoms with Gasteiger partial charge in [0.1, 0.15) is 5.82 Å². The SMILES string of the molecule is CC(=O)N1CCn2nc(C=O)nc2C1. The lowest BCUT2D eigenvalue weighted by molar-refractivity contribution is -0.130. The average Bonchev–Trinajstić information content (AvgIpc) is 2.58. The Balaban J connectivity index is 2.25. The lowest BCUT2D eigenvalue weighted by Gasteiger charge is -2.25. The molecule has 6 heteroatoms. The Kier molecular flexibility index (Phi) is 2.03. The predicted octanol–water partition coefficient (Wildman–Crippen LogP) is -0.547. The number of nitrogens with zero attached hydrogens (tertiary/aromatic N) is 4. The van der Waals surface area contributed by atoms with E-state index in [0.717, 1.165) is 0 Å². The van der Waals surface area contributed by atoms with Crippen LogP contribution >= 0.6 is 0 Å². The van der Waals surface area contributed by atoms with Crippen molar-refractivity contribution in [3.05, 3.63) is 11.6 Å². The topological polar surface area (TPSA) is 68.1 Å². The lowest BCUT2D eigenvalue weighted by atomic mass is 10.3. The van der Waals surface area contributed by atoms with Gasteiger partial charge in [0.25, 0.3) is 0 Å². The smallest absolute Gasteiger partial charge is 0.219 e. The zero-order valence-corrected chi connectivity index (χ0v) is 7.80. The van der Waals surface area contributed by atoms with Gasteiger partial charge in [-0.3, -0.25) is 9.59 Å². The minimum absolute atomic E-state index is 0.0203. The van der Waals surface area contributed by atoms with Gasteiger partial charge in [0.05, 0.1) is 13.1 Å².